The molecule has 7 unspecified atom stereocenters. The highest BCUT2D eigenvalue weighted by atomic mass is 32.2. The molecule has 7 fully saturated rings. The Balaban J connectivity index is 1.16. The van der Waals surface area contributed by atoms with Crippen LogP contribution in [0.2, 0.25) is 0 Å². The number of carbonyl (C=O) groups excluding carboxylic acids is 5. The highest BCUT2D eigenvalue weighted by Crippen LogP contribution is 2.88. The van der Waals surface area contributed by atoms with E-state index in [9.17, 15) is 27.6 Å². The molecule has 0 aromatic rings. The molecular weight excluding hydrogens is 787 g/mol. The Hall–Kier alpha value is -3.08. The van der Waals surface area contributed by atoms with Crippen LogP contribution in [0.15, 0.2) is 12.7 Å². The minimum atomic E-state index is -4.12. The summed E-state index contributed by atoms with van der Waals surface area (Å²) in [6.07, 6.45) is 10.3. The molecule has 0 aromatic heterocycles. The number of hydrogen-bond donors (Lipinski definition) is 4. The van der Waals surface area contributed by atoms with Gasteiger partial charge in [-0.15, -0.1) is 6.58 Å². The van der Waals surface area contributed by atoms with Crippen LogP contribution in [0.25, 0.3) is 0 Å². The molecule has 4 heterocycles. The van der Waals surface area contributed by atoms with Gasteiger partial charge in [0.25, 0.3) is 5.91 Å². The SMILES string of the molecule is C=CC1CC1(NC(=O)C1CC2(CN1C(=O)C(NC(=O)C(NC(=O)C1CCCCN1C(C)C)C(C)(C)C)C1CCOCC1)C(C)(C)C21CCC1)C(=O)NS(=O)(=O)N1CCCC1. The standard InChI is InChI=1S/C44H71N7O8S/c1-9-30-25-44(30,39(56)48-60(57,58)49-20-12-13-21-49)47-36(53)32-26-43(41(7,8)42(43)18-14-19-42)27-51(32)38(55)33(29-16-23-59-24-17-29)45-37(54)34(40(4,5)6)46-35(52)31-15-10-11-22-50(31)28(2)3/h9,28-34H,1,10-27H2,2-8H3,(H,45,54)(H,46,52)(H,47,53)(H,48,56). The third-order valence-electron chi connectivity index (χ3n) is 16.3. The van der Waals surface area contributed by atoms with Crippen molar-refractivity contribution in [3.8, 4) is 0 Å². The van der Waals surface area contributed by atoms with E-state index >= 15 is 4.79 Å². The molecule has 16 heteroatoms. The lowest BCUT2D eigenvalue weighted by atomic mass is 9.73. The fourth-order valence-electron chi connectivity index (χ4n) is 12.2. The van der Waals surface area contributed by atoms with Gasteiger partial charge in [-0.3, -0.25) is 28.9 Å². The Bertz CT molecular complexity index is 1830. The van der Waals surface area contributed by atoms with Crippen molar-refractivity contribution in [3.05, 3.63) is 12.7 Å². The van der Waals surface area contributed by atoms with Crippen molar-refractivity contribution < 1.29 is 37.1 Å². The normalized spacial score (nSPS) is 32.5. The Morgan fingerprint density at radius 2 is 1.48 bits per heavy atom. The summed E-state index contributed by atoms with van der Waals surface area (Å²) in [7, 11) is -4.12. The van der Waals surface area contributed by atoms with Crippen molar-refractivity contribution in [2.45, 2.75) is 161 Å². The second-order valence-electron chi connectivity index (χ2n) is 21.0. The Labute approximate surface area is 357 Å². The van der Waals surface area contributed by atoms with Gasteiger partial charge >= 0.3 is 10.2 Å². The summed E-state index contributed by atoms with van der Waals surface area (Å²) in [6.45, 7) is 20.8. The second kappa shape index (κ2) is 16.2. The van der Waals surface area contributed by atoms with E-state index in [1.165, 1.54) is 4.31 Å². The van der Waals surface area contributed by atoms with E-state index in [1.807, 2.05) is 20.8 Å². The first kappa shape index (κ1) is 45.0. The number of carbonyl (C=O) groups is 5. The molecule has 0 bridgehead atoms. The van der Waals surface area contributed by atoms with Gasteiger partial charge in [-0.2, -0.15) is 12.7 Å². The van der Waals surface area contributed by atoms with Gasteiger partial charge in [0.2, 0.25) is 23.6 Å². The lowest BCUT2D eigenvalue weighted by molar-refractivity contribution is -0.145. The smallest absolute Gasteiger partial charge is 0.303 e. The maximum absolute atomic E-state index is 15.4. The zero-order chi connectivity index (χ0) is 43.6. The van der Waals surface area contributed by atoms with E-state index in [2.05, 4.69) is 59.8 Å². The lowest BCUT2D eigenvalue weighted by Crippen LogP contribution is -2.63. The minimum Gasteiger partial charge on any atom is -0.381 e. The molecule has 0 aromatic carbocycles. The summed E-state index contributed by atoms with van der Waals surface area (Å²) in [5, 5.41) is 9.21. The summed E-state index contributed by atoms with van der Waals surface area (Å²) in [5.74, 6) is -3.13. The van der Waals surface area contributed by atoms with Gasteiger partial charge < -0.3 is 25.6 Å². The molecule has 7 atom stereocenters. The highest BCUT2D eigenvalue weighted by molar-refractivity contribution is 7.87. The molecule has 3 saturated carbocycles. The van der Waals surface area contributed by atoms with Crippen molar-refractivity contribution in [2.24, 2.45) is 33.5 Å². The van der Waals surface area contributed by atoms with Gasteiger partial charge in [0.05, 0.1) is 6.04 Å². The Kier molecular flexibility index (Phi) is 12.2. The van der Waals surface area contributed by atoms with Crippen LogP contribution in [-0.4, -0.2) is 127 Å². The summed E-state index contributed by atoms with van der Waals surface area (Å²) < 4.78 is 35.6. The molecule has 60 heavy (non-hydrogen) atoms. The van der Waals surface area contributed by atoms with Gasteiger partial charge in [0, 0.05) is 50.2 Å². The summed E-state index contributed by atoms with van der Waals surface area (Å²) in [5.41, 5.74) is -2.76. The van der Waals surface area contributed by atoms with Crippen LogP contribution in [-0.2, 0) is 38.9 Å². The molecule has 5 amide bonds. The molecule has 4 saturated heterocycles. The average molecular weight is 858 g/mol. The Morgan fingerprint density at radius 1 is 0.833 bits per heavy atom. The van der Waals surface area contributed by atoms with Crippen LogP contribution in [0.3, 0.4) is 0 Å². The molecular formula is C44H71N7O8S. The number of nitrogens with zero attached hydrogens (tertiary/aromatic N) is 3. The Morgan fingerprint density at radius 3 is 2.03 bits per heavy atom. The van der Waals surface area contributed by atoms with E-state index in [4.69, 9.17) is 4.74 Å². The molecule has 3 aliphatic carbocycles. The third kappa shape index (κ3) is 7.60. The number of piperidine rings is 1. The third-order valence-corrected chi connectivity index (χ3v) is 17.8. The van der Waals surface area contributed by atoms with Crippen molar-refractivity contribution in [2.75, 3.05) is 39.4 Å². The summed E-state index contributed by atoms with van der Waals surface area (Å²) in [6, 6.07) is -3.10. The highest BCUT2D eigenvalue weighted by Gasteiger charge is 2.85. The largest absolute Gasteiger partial charge is 0.381 e. The van der Waals surface area contributed by atoms with Crippen LogP contribution in [0.1, 0.15) is 126 Å². The number of likely N-dealkylation sites (tertiary alicyclic amines) is 2. The van der Waals surface area contributed by atoms with Crippen LogP contribution in [0.4, 0.5) is 0 Å². The van der Waals surface area contributed by atoms with E-state index in [0.717, 1.165) is 38.6 Å². The molecule has 336 valence electrons. The molecule has 0 radical (unpaired) electrons. The van der Waals surface area contributed by atoms with Crippen molar-refractivity contribution in [1.29, 1.82) is 0 Å². The number of rotatable bonds is 13. The monoisotopic (exact) mass is 858 g/mol. The zero-order valence-corrected chi connectivity index (χ0v) is 37.9. The van der Waals surface area contributed by atoms with Crippen LogP contribution >= 0.6 is 0 Å². The van der Waals surface area contributed by atoms with E-state index in [-0.39, 0.29) is 52.5 Å². The average Bonchev–Trinajstić information content (AvgIpc) is 3.63. The fourth-order valence-corrected chi connectivity index (χ4v) is 13.5. The lowest BCUT2D eigenvalue weighted by Gasteiger charge is -2.40. The first-order valence-electron chi connectivity index (χ1n) is 22.7. The van der Waals surface area contributed by atoms with Gasteiger partial charge in [-0.1, -0.05) is 53.5 Å². The first-order chi connectivity index (χ1) is 28.2. The van der Waals surface area contributed by atoms with Gasteiger partial charge in [0.15, 0.2) is 0 Å². The van der Waals surface area contributed by atoms with E-state index in [0.29, 0.717) is 71.4 Å². The van der Waals surface area contributed by atoms with Crippen LogP contribution in [0.5, 0.6) is 0 Å². The van der Waals surface area contributed by atoms with Crippen LogP contribution in [0, 0.1) is 33.5 Å². The number of hydrogen-bond acceptors (Lipinski definition) is 9. The zero-order valence-electron chi connectivity index (χ0n) is 37.1. The second-order valence-corrected chi connectivity index (χ2v) is 22.6. The molecule has 15 nitrogen and oxygen atoms in total. The topological polar surface area (TPSA) is 187 Å². The number of ether oxygens (including phenoxy) is 1. The van der Waals surface area contributed by atoms with Crippen LogP contribution < -0.4 is 20.7 Å². The number of fused-ring (bicyclic) bond motifs is 1. The predicted molar refractivity (Wildman–Crippen MR) is 226 cm³/mol. The van der Waals surface area contributed by atoms with E-state index < -0.39 is 62.9 Å². The number of amides is 5. The maximum atomic E-state index is 15.4. The summed E-state index contributed by atoms with van der Waals surface area (Å²) in [4.78, 5) is 76.5. The molecule has 4 aliphatic heterocycles. The summed E-state index contributed by atoms with van der Waals surface area (Å²) >= 11 is 0. The molecule has 4 N–H and O–H groups in total. The minimum absolute atomic E-state index is 0.0301. The predicted octanol–water partition coefficient (Wildman–Crippen LogP) is 3.01. The molecule has 2 spiro atoms. The van der Waals surface area contributed by atoms with Gasteiger partial charge in [0.1, 0.15) is 23.7 Å². The molecule has 7 aliphatic rings. The maximum Gasteiger partial charge on any atom is 0.303 e. The van der Waals surface area contributed by atoms with Crippen molar-refractivity contribution in [1.82, 2.24) is 34.8 Å². The number of nitrogens with one attached hydrogen (secondary N) is 4. The van der Waals surface area contributed by atoms with E-state index in [1.54, 1.807) is 11.0 Å². The quantitative estimate of drug-likeness (QED) is 0.202. The van der Waals surface area contributed by atoms with Crippen molar-refractivity contribution in [3.63, 3.8) is 0 Å². The molecule has 7 rings (SSSR count). The van der Waals surface area contributed by atoms with Crippen molar-refractivity contribution >= 4 is 39.7 Å². The first-order valence-corrected chi connectivity index (χ1v) is 24.1. The fraction of sp³-hybridized carbons (Fsp3) is 0.841. The van der Waals surface area contributed by atoms with Gasteiger partial charge in [-0.05, 0) is 107 Å². The van der Waals surface area contributed by atoms with Gasteiger partial charge in [-0.25, -0.2) is 4.72 Å².